The number of carbonyl (C=O) groups is 1. The van der Waals surface area contributed by atoms with Gasteiger partial charge in [-0.2, -0.15) is 0 Å². The van der Waals surface area contributed by atoms with Gasteiger partial charge >= 0.3 is 0 Å². The average molecular weight is 447 g/mol. The van der Waals surface area contributed by atoms with E-state index < -0.39 is 0 Å². The van der Waals surface area contributed by atoms with Gasteiger partial charge in [-0.05, 0) is 38.1 Å². The van der Waals surface area contributed by atoms with E-state index in [0.29, 0.717) is 39.7 Å². The molecule has 0 aliphatic heterocycles. The van der Waals surface area contributed by atoms with Crippen LogP contribution in [0, 0.1) is 0 Å². The first-order valence-corrected chi connectivity index (χ1v) is 10.8. The van der Waals surface area contributed by atoms with Gasteiger partial charge in [0.15, 0.2) is 17.1 Å². The molecule has 0 saturated heterocycles. The molecule has 1 atom stereocenters. The van der Waals surface area contributed by atoms with Gasteiger partial charge in [-0.15, -0.1) is 10.2 Å². The lowest BCUT2D eigenvalue weighted by Crippen LogP contribution is -2.15. The van der Waals surface area contributed by atoms with E-state index in [9.17, 15) is 4.79 Å². The molecular formula is C21H23ClN4O3S. The third kappa shape index (κ3) is 5.46. The molecule has 0 radical (unpaired) electrons. The highest BCUT2D eigenvalue weighted by molar-refractivity contribution is 7.99. The average Bonchev–Trinajstić information content (AvgIpc) is 3.17. The number of aromatic nitrogens is 3. The van der Waals surface area contributed by atoms with Crippen molar-refractivity contribution in [3.8, 4) is 11.5 Å². The summed E-state index contributed by atoms with van der Waals surface area (Å²) in [6, 6.07) is 14.5. The van der Waals surface area contributed by atoms with Crippen LogP contribution in [-0.2, 0) is 11.3 Å². The standard InChI is InChI=1S/C21H23ClN4O3S/c1-4-26-20(14(2)29-18-11-6-5-10-17(18)22)24-25-21(26)30-13-19(27)23-15-8-7-9-16(12-15)28-3/h5-12,14H,4,13H2,1-3H3,(H,23,27)/t14-/m1/s1. The minimum absolute atomic E-state index is 0.138. The van der Waals surface area contributed by atoms with Gasteiger partial charge in [0, 0.05) is 18.3 Å². The number of methoxy groups -OCH3 is 1. The summed E-state index contributed by atoms with van der Waals surface area (Å²) in [6.07, 6.45) is -0.350. The number of para-hydroxylation sites is 1. The second kappa shape index (κ2) is 10.4. The zero-order chi connectivity index (χ0) is 21.5. The molecule has 7 nitrogen and oxygen atoms in total. The van der Waals surface area contributed by atoms with Crippen molar-refractivity contribution >= 4 is 35.0 Å². The fourth-order valence-electron chi connectivity index (χ4n) is 2.82. The van der Waals surface area contributed by atoms with Crippen molar-refractivity contribution in [2.75, 3.05) is 18.2 Å². The number of thioether (sulfide) groups is 1. The summed E-state index contributed by atoms with van der Waals surface area (Å²) >= 11 is 7.50. The van der Waals surface area contributed by atoms with Crippen molar-refractivity contribution in [1.82, 2.24) is 14.8 Å². The molecule has 0 spiro atoms. The number of nitrogens with zero attached hydrogens (tertiary/aromatic N) is 3. The van der Waals surface area contributed by atoms with Gasteiger partial charge in [-0.3, -0.25) is 4.79 Å². The third-order valence-corrected chi connectivity index (χ3v) is 5.53. The van der Waals surface area contributed by atoms with Crippen LogP contribution in [0.1, 0.15) is 25.8 Å². The van der Waals surface area contributed by atoms with Gasteiger partial charge < -0.3 is 19.4 Å². The number of carbonyl (C=O) groups excluding carboxylic acids is 1. The number of hydrogen-bond donors (Lipinski definition) is 1. The number of rotatable bonds is 9. The number of ether oxygens (including phenoxy) is 2. The second-order valence-electron chi connectivity index (χ2n) is 6.34. The Bertz CT molecular complexity index is 1010. The molecule has 0 fully saturated rings. The van der Waals surface area contributed by atoms with Crippen molar-refractivity contribution in [3.63, 3.8) is 0 Å². The minimum atomic E-state index is -0.350. The number of hydrogen-bond acceptors (Lipinski definition) is 6. The molecule has 0 aliphatic rings. The molecule has 30 heavy (non-hydrogen) atoms. The summed E-state index contributed by atoms with van der Waals surface area (Å²) in [7, 11) is 1.59. The topological polar surface area (TPSA) is 78.3 Å². The van der Waals surface area contributed by atoms with E-state index in [2.05, 4.69) is 15.5 Å². The molecular weight excluding hydrogens is 424 g/mol. The lowest BCUT2D eigenvalue weighted by molar-refractivity contribution is -0.113. The van der Waals surface area contributed by atoms with Crippen LogP contribution in [0.2, 0.25) is 5.02 Å². The Morgan fingerprint density at radius 3 is 2.77 bits per heavy atom. The SMILES string of the molecule is CCn1c(SCC(=O)Nc2cccc(OC)c2)nnc1[C@@H](C)Oc1ccccc1Cl. The maximum Gasteiger partial charge on any atom is 0.234 e. The molecule has 0 bridgehead atoms. The normalized spacial score (nSPS) is 11.7. The zero-order valence-corrected chi connectivity index (χ0v) is 18.5. The quantitative estimate of drug-likeness (QED) is 0.474. The van der Waals surface area contributed by atoms with Crippen molar-refractivity contribution in [1.29, 1.82) is 0 Å². The number of amides is 1. The van der Waals surface area contributed by atoms with Crippen LogP contribution in [0.15, 0.2) is 53.7 Å². The van der Waals surface area contributed by atoms with E-state index >= 15 is 0 Å². The predicted molar refractivity (Wildman–Crippen MR) is 119 cm³/mol. The van der Waals surface area contributed by atoms with Gasteiger partial charge in [0.05, 0.1) is 17.9 Å². The molecule has 2 aromatic carbocycles. The predicted octanol–water partition coefficient (Wildman–Crippen LogP) is 4.83. The maximum atomic E-state index is 12.3. The van der Waals surface area contributed by atoms with E-state index in [1.807, 2.05) is 54.8 Å². The Labute approximate surface area is 184 Å². The highest BCUT2D eigenvalue weighted by Gasteiger charge is 2.20. The van der Waals surface area contributed by atoms with E-state index in [4.69, 9.17) is 21.1 Å². The smallest absolute Gasteiger partial charge is 0.234 e. The first-order chi connectivity index (χ1) is 14.5. The molecule has 1 heterocycles. The largest absolute Gasteiger partial charge is 0.497 e. The first kappa shape index (κ1) is 22.0. The number of nitrogens with one attached hydrogen (secondary N) is 1. The summed E-state index contributed by atoms with van der Waals surface area (Å²) in [5.74, 6) is 2.01. The van der Waals surface area contributed by atoms with Gasteiger partial charge in [-0.25, -0.2) is 0 Å². The number of halogens is 1. The van der Waals surface area contributed by atoms with Crippen molar-refractivity contribution in [2.45, 2.75) is 31.7 Å². The molecule has 1 N–H and O–H groups in total. The van der Waals surface area contributed by atoms with Gasteiger partial charge in [0.1, 0.15) is 11.5 Å². The summed E-state index contributed by atoms with van der Waals surface area (Å²) in [6.45, 7) is 4.54. The van der Waals surface area contributed by atoms with Crippen LogP contribution in [0.3, 0.4) is 0 Å². The summed E-state index contributed by atoms with van der Waals surface area (Å²) in [4.78, 5) is 12.3. The van der Waals surface area contributed by atoms with Crippen LogP contribution in [-0.4, -0.2) is 33.5 Å². The fourth-order valence-corrected chi connectivity index (χ4v) is 3.81. The lowest BCUT2D eigenvalue weighted by Gasteiger charge is -2.16. The Hall–Kier alpha value is -2.71. The Morgan fingerprint density at radius 2 is 2.03 bits per heavy atom. The van der Waals surface area contributed by atoms with E-state index in [1.54, 1.807) is 19.2 Å². The highest BCUT2D eigenvalue weighted by Crippen LogP contribution is 2.29. The minimum Gasteiger partial charge on any atom is -0.497 e. The van der Waals surface area contributed by atoms with Gasteiger partial charge in [0.25, 0.3) is 0 Å². The second-order valence-corrected chi connectivity index (χ2v) is 7.69. The Balaban J connectivity index is 1.63. The van der Waals surface area contributed by atoms with Crippen LogP contribution >= 0.6 is 23.4 Å². The van der Waals surface area contributed by atoms with Crippen molar-refractivity contribution in [2.24, 2.45) is 0 Å². The fraction of sp³-hybridized carbons (Fsp3) is 0.286. The summed E-state index contributed by atoms with van der Waals surface area (Å²) < 4.78 is 13.1. The summed E-state index contributed by atoms with van der Waals surface area (Å²) in [5.41, 5.74) is 0.680. The lowest BCUT2D eigenvalue weighted by atomic mass is 10.3. The van der Waals surface area contributed by atoms with Gasteiger partial charge in [-0.1, -0.05) is 41.6 Å². The molecule has 1 amide bonds. The van der Waals surface area contributed by atoms with Crippen LogP contribution in [0.5, 0.6) is 11.5 Å². The number of anilines is 1. The zero-order valence-electron chi connectivity index (χ0n) is 17.0. The van der Waals surface area contributed by atoms with E-state index in [1.165, 1.54) is 11.8 Å². The third-order valence-electron chi connectivity index (χ3n) is 4.25. The number of benzene rings is 2. The molecule has 0 unspecified atom stereocenters. The molecule has 158 valence electrons. The van der Waals surface area contributed by atoms with Crippen molar-refractivity contribution in [3.05, 3.63) is 59.4 Å². The maximum absolute atomic E-state index is 12.3. The van der Waals surface area contributed by atoms with Crippen LogP contribution < -0.4 is 14.8 Å². The van der Waals surface area contributed by atoms with Crippen LogP contribution in [0.4, 0.5) is 5.69 Å². The molecule has 3 rings (SSSR count). The van der Waals surface area contributed by atoms with E-state index in [0.717, 1.165) is 0 Å². The highest BCUT2D eigenvalue weighted by atomic mass is 35.5. The molecule has 0 aliphatic carbocycles. The van der Waals surface area contributed by atoms with Gasteiger partial charge in [0.2, 0.25) is 5.91 Å². The molecule has 0 saturated carbocycles. The Kier molecular flexibility index (Phi) is 7.59. The Morgan fingerprint density at radius 1 is 1.23 bits per heavy atom. The molecule has 9 heteroatoms. The summed E-state index contributed by atoms with van der Waals surface area (Å²) in [5, 5.41) is 12.6. The molecule has 1 aromatic heterocycles. The van der Waals surface area contributed by atoms with E-state index in [-0.39, 0.29) is 17.8 Å². The van der Waals surface area contributed by atoms with Crippen LogP contribution in [0.25, 0.3) is 0 Å². The van der Waals surface area contributed by atoms with Crippen molar-refractivity contribution < 1.29 is 14.3 Å². The molecule has 3 aromatic rings. The first-order valence-electron chi connectivity index (χ1n) is 9.42. The monoisotopic (exact) mass is 446 g/mol.